The molecule has 152 valence electrons. The van der Waals surface area contributed by atoms with Gasteiger partial charge in [-0.1, -0.05) is 0 Å². The first kappa shape index (κ1) is 22.2. The molecule has 0 saturated carbocycles. The molecule has 0 aliphatic carbocycles. The van der Waals surface area contributed by atoms with E-state index in [0.717, 1.165) is 0 Å². The average Bonchev–Trinajstić information content (AvgIpc) is 2.69. The molecule has 0 N–H and O–H groups in total. The van der Waals surface area contributed by atoms with Crippen LogP contribution in [0.4, 0.5) is 0 Å². The second-order valence-corrected chi connectivity index (χ2v) is 20.2. The van der Waals surface area contributed by atoms with Crippen LogP contribution in [0.3, 0.4) is 0 Å². The van der Waals surface area contributed by atoms with Gasteiger partial charge in [0.25, 0.3) is 0 Å². The van der Waals surface area contributed by atoms with Crippen LogP contribution in [-0.4, -0.2) is 18.4 Å². The molecule has 1 heteroatoms. The first-order valence-corrected chi connectivity index (χ1v) is 17.3. The van der Waals surface area contributed by atoms with Crippen molar-refractivity contribution in [3.8, 4) is 0 Å². The Kier molecular flexibility index (Phi) is 6.94. The van der Waals surface area contributed by atoms with Gasteiger partial charge in [-0.3, -0.25) is 0 Å². The van der Waals surface area contributed by atoms with Crippen molar-refractivity contribution in [1.82, 2.24) is 0 Å². The molecule has 0 aliphatic rings. The van der Waals surface area contributed by atoms with Crippen LogP contribution >= 0.6 is 0 Å². The Labute approximate surface area is 182 Å². The van der Waals surface area contributed by atoms with E-state index in [4.69, 9.17) is 0 Å². The molecule has 0 aliphatic heterocycles. The maximum absolute atomic E-state index is 3.22. The third-order valence-corrected chi connectivity index (χ3v) is 22.1. The van der Waals surface area contributed by atoms with Crippen molar-refractivity contribution in [2.24, 2.45) is 0 Å². The second-order valence-electron chi connectivity index (χ2n) is 8.96. The quantitative estimate of drug-likeness (QED) is 0.382. The van der Waals surface area contributed by atoms with Crippen molar-refractivity contribution < 1.29 is 0 Å². The predicted molar refractivity (Wildman–Crippen MR) is 132 cm³/mol. The summed E-state index contributed by atoms with van der Waals surface area (Å²) in [5.74, 6) is 0. The van der Waals surface area contributed by atoms with Gasteiger partial charge in [0.1, 0.15) is 0 Å². The van der Waals surface area contributed by atoms with Crippen LogP contribution in [0, 0.1) is 41.5 Å². The summed E-state index contributed by atoms with van der Waals surface area (Å²) in [6, 6.07) is 21.5. The monoisotopic (exact) mass is 492 g/mol. The van der Waals surface area contributed by atoms with E-state index >= 15 is 0 Å². The van der Waals surface area contributed by atoms with Crippen molar-refractivity contribution in [3.63, 3.8) is 0 Å². The van der Waals surface area contributed by atoms with Gasteiger partial charge >= 0.3 is 183 Å². The van der Waals surface area contributed by atoms with E-state index in [2.05, 4.69) is 103 Å². The van der Waals surface area contributed by atoms with Crippen LogP contribution in [0.5, 0.6) is 0 Å². The SMILES string of the molecule is CCC[CH2][Sn]([c]1cc(C)ccc1C)([c]1cc(C)ccc1C)[c]1cc(C)ccc1C. The molecule has 3 aromatic rings. The molecule has 0 saturated heterocycles. The van der Waals surface area contributed by atoms with E-state index in [9.17, 15) is 0 Å². The van der Waals surface area contributed by atoms with Crippen LogP contribution in [-0.2, 0) is 0 Å². The Hall–Kier alpha value is -1.54. The molecule has 0 radical (unpaired) electrons. The van der Waals surface area contributed by atoms with Gasteiger partial charge in [0, 0.05) is 0 Å². The standard InChI is InChI=1S/3C8H9.C4H9.Sn/c3*1-7-3-5-8(2)6-4-7;1-3-4-2;/h3*3-5H,1-2H3;1,3-4H2,2H3;. The van der Waals surface area contributed by atoms with Crippen molar-refractivity contribution in [2.75, 3.05) is 0 Å². The first-order valence-electron chi connectivity index (χ1n) is 11.0. The summed E-state index contributed by atoms with van der Waals surface area (Å²) >= 11 is -3.22. The molecule has 0 bridgehead atoms. The third kappa shape index (κ3) is 4.33. The zero-order valence-electron chi connectivity index (χ0n) is 19.3. The van der Waals surface area contributed by atoms with E-state index in [1.54, 1.807) is 10.7 Å². The summed E-state index contributed by atoms with van der Waals surface area (Å²) in [5, 5.41) is 0. The Morgan fingerprint density at radius 2 is 0.897 bits per heavy atom. The van der Waals surface area contributed by atoms with Gasteiger partial charge in [-0.25, -0.2) is 0 Å². The number of aryl methyl sites for hydroxylation is 6. The Morgan fingerprint density at radius 1 is 0.552 bits per heavy atom. The molecule has 0 atom stereocenters. The number of unbranched alkanes of at least 4 members (excludes halogenated alkanes) is 1. The number of benzene rings is 3. The molecule has 29 heavy (non-hydrogen) atoms. The van der Waals surface area contributed by atoms with E-state index < -0.39 is 18.4 Å². The predicted octanol–water partition coefficient (Wildman–Crippen LogP) is 5.81. The molecule has 0 fully saturated rings. The fourth-order valence-electron chi connectivity index (χ4n) is 4.87. The molecule has 0 heterocycles. The Balaban J connectivity index is 2.50. The van der Waals surface area contributed by atoms with Gasteiger partial charge in [-0.15, -0.1) is 0 Å². The zero-order valence-corrected chi connectivity index (χ0v) is 22.2. The van der Waals surface area contributed by atoms with Gasteiger partial charge in [0.15, 0.2) is 0 Å². The summed E-state index contributed by atoms with van der Waals surface area (Å²) < 4.78 is 6.37. The van der Waals surface area contributed by atoms with Crippen molar-refractivity contribution in [2.45, 2.75) is 65.7 Å². The minimum absolute atomic E-state index is 1.25. The maximum atomic E-state index is 2.53. The number of hydrogen-bond acceptors (Lipinski definition) is 0. The van der Waals surface area contributed by atoms with Gasteiger partial charge in [-0.05, 0) is 0 Å². The van der Waals surface area contributed by atoms with Crippen molar-refractivity contribution in [1.29, 1.82) is 0 Å². The molecule has 0 amide bonds. The van der Waals surface area contributed by atoms with Crippen LogP contribution in [0.1, 0.15) is 53.1 Å². The molecule has 0 aromatic heterocycles. The van der Waals surface area contributed by atoms with Crippen LogP contribution in [0.25, 0.3) is 0 Å². The second kappa shape index (κ2) is 9.08. The molecule has 0 nitrogen and oxygen atoms in total. The van der Waals surface area contributed by atoms with E-state index in [1.165, 1.54) is 50.7 Å². The van der Waals surface area contributed by atoms with Crippen molar-refractivity contribution in [3.05, 3.63) is 88.0 Å². The van der Waals surface area contributed by atoms with Gasteiger partial charge < -0.3 is 0 Å². The third-order valence-electron chi connectivity index (χ3n) is 6.46. The normalized spacial score (nSPS) is 11.7. The van der Waals surface area contributed by atoms with Crippen LogP contribution < -0.4 is 10.7 Å². The zero-order chi connectivity index (χ0) is 21.2. The van der Waals surface area contributed by atoms with E-state index in [0.29, 0.717) is 0 Å². The molecule has 0 spiro atoms. The van der Waals surface area contributed by atoms with Crippen molar-refractivity contribution >= 4 is 29.1 Å². The average molecular weight is 491 g/mol. The summed E-state index contributed by atoms with van der Waals surface area (Å²) in [4.78, 5) is 0. The number of rotatable bonds is 6. The topological polar surface area (TPSA) is 0 Å². The molecule has 3 rings (SSSR count). The molecule has 3 aromatic carbocycles. The van der Waals surface area contributed by atoms with Gasteiger partial charge in [0.05, 0.1) is 0 Å². The minimum atomic E-state index is -3.22. The fourth-order valence-corrected chi connectivity index (χ4v) is 22.7. The van der Waals surface area contributed by atoms with Crippen LogP contribution in [0.2, 0.25) is 4.44 Å². The molecular weight excluding hydrogens is 455 g/mol. The molecule has 0 unspecified atom stereocenters. The molecular formula is C28H36Sn. The van der Waals surface area contributed by atoms with Gasteiger partial charge in [0.2, 0.25) is 0 Å². The number of hydrogen-bond donors (Lipinski definition) is 0. The van der Waals surface area contributed by atoms with E-state index in [-0.39, 0.29) is 0 Å². The first-order chi connectivity index (χ1) is 13.8. The van der Waals surface area contributed by atoms with Gasteiger partial charge in [-0.2, -0.15) is 0 Å². The fraction of sp³-hybridized carbons (Fsp3) is 0.357. The Morgan fingerprint density at radius 3 is 1.21 bits per heavy atom. The summed E-state index contributed by atoms with van der Waals surface area (Å²) in [6.07, 6.45) is 2.55. The summed E-state index contributed by atoms with van der Waals surface area (Å²) in [6.45, 7) is 16.1. The summed E-state index contributed by atoms with van der Waals surface area (Å²) in [5.41, 5.74) is 8.59. The Bertz CT molecular complexity index is 888. The summed E-state index contributed by atoms with van der Waals surface area (Å²) in [7, 11) is 0. The van der Waals surface area contributed by atoms with E-state index in [1.807, 2.05) is 0 Å². The van der Waals surface area contributed by atoms with Crippen LogP contribution in [0.15, 0.2) is 54.6 Å².